The molecule has 0 aromatic carbocycles. The van der Waals surface area contributed by atoms with Gasteiger partial charge >= 0.3 is 6.18 Å². The van der Waals surface area contributed by atoms with Crippen LogP contribution in [0.2, 0.25) is 0 Å². The molecule has 0 saturated carbocycles. The Bertz CT molecular complexity index is 315. The predicted octanol–water partition coefficient (Wildman–Crippen LogP) is 1.63. The first kappa shape index (κ1) is 8.52. The number of aromatic nitrogens is 3. The van der Waals surface area contributed by atoms with Gasteiger partial charge in [-0.3, -0.25) is 0 Å². The summed E-state index contributed by atoms with van der Waals surface area (Å²) in [5.41, 5.74) is 0. The van der Waals surface area contributed by atoms with Crippen LogP contribution in [-0.4, -0.2) is 14.8 Å². The Kier molecular flexibility index (Phi) is 1.78. The van der Waals surface area contributed by atoms with Gasteiger partial charge in [0.1, 0.15) is 5.82 Å². The maximum absolute atomic E-state index is 12.3. The number of alkyl halides is 3. The normalized spacial score (nSPS) is 17.2. The first-order valence-corrected chi connectivity index (χ1v) is 4.08. The van der Waals surface area contributed by atoms with E-state index in [1.165, 1.54) is 4.57 Å². The van der Waals surface area contributed by atoms with Crippen molar-refractivity contribution >= 4 is 0 Å². The van der Waals surface area contributed by atoms with Crippen LogP contribution in [0.4, 0.5) is 13.2 Å². The summed E-state index contributed by atoms with van der Waals surface area (Å²) in [4.78, 5) is 0. The van der Waals surface area contributed by atoms with Crippen molar-refractivity contribution in [2.75, 3.05) is 0 Å². The van der Waals surface area contributed by atoms with Crippen LogP contribution in [0.1, 0.15) is 24.5 Å². The summed E-state index contributed by atoms with van der Waals surface area (Å²) in [5, 5.41) is 6.67. The van der Waals surface area contributed by atoms with Gasteiger partial charge in [-0.25, -0.2) is 0 Å². The largest absolute Gasteiger partial charge is 0.451 e. The molecular formula is C7H8F3N3. The Hall–Kier alpha value is -1.07. The lowest BCUT2D eigenvalue weighted by molar-refractivity contribution is -0.147. The predicted molar refractivity (Wildman–Crippen MR) is 38.0 cm³/mol. The molecule has 6 heteroatoms. The summed E-state index contributed by atoms with van der Waals surface area (Å²) in [6.45, 7) is 0.386. The first-order valence-electron chi connectivity index (χ1n) is 4.08. The lowest BCUT2D eigenvalue weighted by atomic mass is 10.2. The van der Waals surface area contributed by atoms with Crippen LogP contribution in [0.25, 0.3) is 0 Å². The summed E-state index contributed by atoms with van der Waals surface area (Å²) in [7, 11) is 0. The van der Waals surface area contributed by atoms with E-state index in [2.05, 4.69) is 10.2 Å². The second-order valence-electron chi connectivity index (χ2n) is 3.05. The minimum Gasteiger partial charge on any atom is -0.307 e. The van der Waals surface area contributed by atoms with Gasteiger partial charge in [0.05, 0.1) is 0 Å². The van der Waals surface area contributed by atoms with E-state index in [1.807, 2.05) is 0 Å². The van der Waals surface area contributed by atoms with Crippen LogP contribution in [0.3, 0.4) is 0 Å². The van der Waals surface area contributed by atoms with Crippen LogP contribution in [0.5, 0.6) is 0 Å². The average Bonchev–Trinajstić information content (AvgIpc) is 2.45. The molecule has 1 aliphatic heterocycles. The quantitative estimate of drug-likeness (QED) is 0.624. The molecule has 0 spiro atoms. The molecule has 72 valence electrons. The van der Waals surface area contributed by atoms with Crippen molar-refractivity contribution in [3.05, 3.63) is 11.6 Å². The van der Waals surface area contributed by atoms with Crippen LogP contribution < -0.4 is 0 Å². The number of hydrogen-bond acceptors (Lipinski definition) is 2. The Balaban J connectivity index is 2.43. The van der Waals surface area contributed by atoms with Crippen LogP contribution >= 0.6 is 0 Å². The average molecular weight is 191 g/mol. The second kappa shape index (κ2) is 2.71. The van der Waals surface area contributed by atoms with Gasteiger partial charge in [0.15, 0.2) is 0 Å². The molecule has 0 bridgehead atoms. The molecule has 0 radical (unpaired) electrons. The summed E-state index contributed by atoms with van der Waals surface area (Å²) in [6, 6.07) is 0. The van der Waals surface area contributed by atoms with Crippen LogP contribution in [-0.2, 0) is 19.1 Å². The lowest BCUT2D eigenvalue weighted by Gasteiger charge is -2.15. The molecule has 3 nitrogen and oxygen atoms in total. The third-order valence-electron chi connectivity index (χ3n) is 2.11. The third-order valence-corrected chi connectivity index (χ3v) is 2.11. The van der Waals surface area contributed by atoms with Crippen molar-refractivity contribution in [2.45, 2.75) is 32.0 Å². The number of halogens is 3. The van der Waals surface area contributed by atoms with Gasteiger partial charge in [-0.05, 0) is 12.8 Å². The number of nitrogens with zero attached hydrogens (tertiary/aromatic N) is 3. The fraction of sp³-hybridized carbons (Fsp3) is 0.714. The Morgan fingerprint density at radius 1 is 1.15 bits per heavy atom. The molecule has 2 rings (SSSR count). The van der Waals surface area contributed by atoms with E-state index in [4.69, 9.17) is 0 Å². The van der Waals surface area contributed by atoms with Crippen molar-refractivity contribution in [3.8, 4) is 0 Å². The van der Waals surface area contributed by atoms with Crippen molar-refractivity contribution in [1.29, 1.82) is 0 Å². The highest BCUT2D eigenvalue weighted by atomic mass is 19.4. The van der Waals surface area contributed by atoms with Gasteiger partial charge < -0.3 is 4.57 Å². The highest BCUT2D eigenvalue weighted by molar-refractivity contribution is 5.01. The zero-order chi connectivity index (χ0) is 9.47. The number of rotatable bonds is 0. The molecule has 1 aliphatic rings. The molecule has 13 heavy (non-hydrogen) atoms. The van der Waals surface area contributed by atoms with Crippen molar-refractivity contribution in [1.82, 2.24) is 14.8 Å². The fourth-order valence-electron chi connectivity index (χ4n) is 1.52. The summed E-state index contributed by atoms with van der Waals surface area (Å²) < 4.78 is 38.0. The first-order chi connectivity index (χ1) is 6.09. The van der Waals surface area contributed by atoms with E-state index in [1.54, 1.807) is 0 Å². The Labute approximate surface area is 72.6 Å². The molecule has 1 aromatic heterocycles. The molecule has 1 aromatic rings. The standard InChI is InChI=1S/C7H8F3N3/c8-7(9,10)6-12-11-5-3-1-2-4-13(5)6/h1-4H2. The zero-order valence-corrected chi connectivity index (χ0v) is 6.80. The molecule has 0 aliphatic carbocycles. The number of hydrogen-bond donors (Lipinski definition) is 0. The summed E-state index contributed by atoms with van der Waals surface area (Å²) in [5.74, 6) is -0.402. The van der Waals surface area contributed by atoms with E-state index >= 15 is 0 Å². The molecule has 0 unspecified atom stereocenters. The zero-order valence-electron chi connectivity index (χ0n) is 6.80. The van der Waals surface area contributed by atoms with Crippen molar-refractivity contribution in [2.24, 2.45) is 0 Å². The second-order valence-corrected chi connectivity index (χ2v) is 3.05. The topological polar surface area (TPSA) is 30.7 Å². The maximum Gasteiger partial charge on any atom is 0.451 e. The molecule has 0 saturated heterocycles. The van der Waals surface area contributed by atoms with Crippen molar-refractivity contribution in [3.63, 3.8) is 0 Å². The lowest BCUT2D eigenvalue weighted by Crippen LogP contribution is -2.19. The molecule has 0 N–H and O–H groups in total. The van der Waals surface area contributed by atoms with Gasteiger partial charge in [-0.2, -0.15) is 13.2 Å². The van der Waals surface area contributed by atoms with E-state index < -0.39 is 12.0 Å². The SMILES string of the molecule is FC(F)(F)c1nnc2n1CCCC2. The van der Waals surface area contributed by atoms with Gasteiger partial charge in [0, 0.05) is 13.0 Å². The molecule has 2 heterocycles. The Morgan fingerprint density at radius 3 is 2.62 bits per heavy atom. The molecule has 0 amide bonds. The third kappa shape index (κ3) is 1.40. The van der Waals surface area contributed by atoms with Crippen LogP contribution in [0, 0.1) is 0 Å². The number of aryl methyl sites for hydroxylation is 1. The van der Waals surface area contributed by atoms with Gasteiger partial charge in [0.25, 0.3) is 0 Å². The van der Waals surface area contributed by atoms with E-state index in [0.29, 0.717) is 18.8 Å². The highest BCUT2D eigenvalue weighted by Crippen LogP contribution is 2.29. The van der Waals surface area contributed by atoms with Crippen LogP contribution in [0.15, 0.2) is 0 Å². The van der Waals surface area contributed by atoms with E-state index in [-0.39, 0.29) is 0 Å². The minimum atomic E-state index is -4.37. The molecule has 0 atom stereocenters. The summed E-state index contributed by atoms with van der Waals surface area (Å²) in [6.07, 6.45) is -2.10. The van der Waals surface area contributed by atoms with Gasteiger partial charge in [0.2, 0.25) is 5.82 Å². The highest BCUT2D eigenvalue weighted by Gasteiger charge is 2.38. The monoisotopic (exact) mass is 191 g/mol. The molecular weight excluding hydrogens is 183 g/mol. The Morgan fingerprint density at radius 2 is 1.92 bits per heavy atom. The minimum absolute atomic E-state index is 0.386. The van der Waals surface area contributed by atoms with E-state index in [9.17, 15) is 13.2 Å². The molecule has 0 fully saturated rings. The smallest absolute Gasteiger partial charge is 0.307 e. The van der Waals surface area contributed by atoms with E-state index in [0.717, 1.165) is 12.8 Å². The van der Waals surface area contributed by atoms with Gasteiger partial charge in [-0.15, -0.1) is 10.2 Å². The maximum atomic E-state index is 12.3. The fourth-order valence-corrected chi connectivity index (χ4v) is 1.52. The van der Waals surface area contributed by atoms with Crippen molar-refractivity contribution < 1.29 is 13.2 Å². The summed E-state index contributed by atoms with van der Waals surface area (Å²) >= 11 is 0. The van der Waals surface area contributed by atoms with Gasteiger partial charge in [-0.1, -0.05) is 0 Å². The number of fused-ring (bicyclic) bond motifs is 1.